The highest BCUT2D eigenvalue weighted by Crippen LogP contribution is 2.39. The highest BCUT2D eigenvalue weighted by Gasteiger charge is 2.25. The maximum Gasteiger partial charge on any atom is 0.144 e. The van der Waals surface area contributed by atoms with E-state index in [2.05, 4.69) is 18.1 Å². The molecule has 3 rings (SSSR count). The molecule has 2 aromatic rings. The summed E-state index contributed by atoms with van der Waals surface area (Å²) < 4.78 is 7.54. The average Bonchev–Trinajstić information content (AvgIpc) is 3.16. The molecule has 0 bridgehead atoms. The second-order valence-electron chi connectivity index (χ2n) is 5.03. The SMILES string of the molecule is CCCOc1cc(-n2ccc(C3CC3)n2)ccc1N. The molecule has 1 aliphatic carbocycles. The van der Waals surface area contributed by atoms with Crippen molar-refractivity contribution in [1.82, 2.24) is 9.78 Å². The summed E-state index contributed by atoms with van der Waals surface area (Å²) in [4.78, 5) is 0. The standard InChI is InChI=1S/C15H19N3O/c1-2-9-19-15-10-12(5-6-13(15)16)18-8-7-14(17-18)11-3-4-11/h5-8,10-11H,2-4,9,16H2,1H3. The molecule has 4 heteroatoms. The van der Waals surface area contributed by atoms with Gasteiger partial charge in [0.25, 0.3) is 0 Å². The molecule has 1 heterocycles. The van der Waals surface area contributed by atoms with Crippen molar-refractivity contribution < 1.29 is 4.74 Å². The van der Waals surface area contributed by atoms with E-state index in [1.807, 2.05) is 29.1 Å². The predicted molar refractivity (Wildman–Crippen MR) is 75.7 cm³/mol. The van der Waals surface area contributed by atoms with E-state index in [0.717, 1.165) is 17.9 Å². The van der Waals surface area contributed by atoms with Crippen LogP contribution < -0.4 is 10.5 Å². The van der Waals surface area contributed by atoms with Gasteiger partial charge in [0.15, 0.2) is 0 Å². The number of nitrogens with zero attached hydrogens (tertiary/aromatic N) is 2. The largest absolute Gasteiger partial charge is 0.491 e. The van der Waals surface area contributed by atoms with E-state index < -0.39 is 0 Å². The first-order valence-electron chi connectivity index (χ1n) is 6.86. The minimum atomic E-state index is 0.672. The fourth-order valence-electron chi connectivity index (χ4n) is 2.08. The highest BCUT2D eigenvalue weighted by atomic mass is 16.5. The topological polar surface area (TPSA) is 53.1 Å². The lowest BCUT2D eigenvalue weighted by Crippen LogP contribution is -2.02. The van der Waals surface area contributed by atoms with Gasteiger partial charge in [-0.1, -0.05) is 6.92 Å². The van der Waals surface area contributed by atoms with Gasteiger partial charge in [-0.25, -0.2) is 4.68 Å². The van der Waals surface area contributed by atoms with Crippen LogP contribution in [0.15, 0.2) is 30.5 Å². The third-order valence-electron chi connectivity index (χ3n) is 3.33. The van der Waals surface area contributed by atoms with Crippen molar-refractivity contribution in [2.24, 2.45) is 0 Å². The maximum atomic E-state index is 5.92. The van der Waals surface area contributed by atoms with Gasteiger partial charge in [-0.15, -0.1) is 0 Å². The molecule has 0 saturated heterocycles. The molecule has 100 valence electrons. The number of anilines is 1. The Morgan fingerprint density at radius 1 is 1.37 bits per heavy atom. The molecule has 0 amide bonds. The lowest BCUT2D eigenvalue weighted by molar-refractivity contribution is 0.319. The molecule has 0 spiro atoms. The Morgan fingerprint density at radius 3 is 2.95 bits per heavy atom. The van der Waals surface area contributed by atoms with Crippen molar-refractivity contribution in [2.75, 3.05) is 12.3 Å². The molecule has 0 unspecified atom stereocenters. The van der Waals surface area contributed by atoms with E-state index in [4.69, 9.17) is 10.5 Å². The number of nitrogen functional groups attached to an aromatic ring is 1. The Labute approximate surface area is 113 Å². The van der Waals surface area contributed by atoms with Crippen LogP contribution in [0.5, 0.6) is 5.75 Å². The number of hydrogen-bond donors (Lipinski definition) is 1. The number of ether oxygens (including phenoxy) is 1. The van der Waals surface area contributed by atoms with E-state index in [9.17, 15) is 0 Å². The van der Waals surface area contributed by atoms with Crippen LogP contribution in [0, 0.1) is 0 Å². The number of rotatable bonds is 5. The Hall–Kier alpha value is -1.97. The van der Waals surface area contributed by atoms with Gasteiger partial charge in [-0.05, 0) is 37.5 Å². The second kappa shape index (κ2) is 4.96. The van der Waals surface area contributed by atoms with Crippen LogP contribution in [0.3, 0.4) is 0 Å². The van der Waals surface area contributed by atoms with Crippen LogP contribution >= 0.6 is 0 Å². The molecule has 0 aliphatic heterocycles. The Kier molecular flexibility index (Phi) is 3.15. The first-order chi connectivity index (χ1) is 9.28. The van der Waals surface area contributed by atoms with E-state index in [1.165, 1.54) is 18.5 Å². The van der Waals surface area contributed by atoms with Crippen molar-refractivity contribution in [3.63, 3.8) is 0 Å². The zero-order chi connectivity index (χ0) is 13.2. The summed E-state index contributed by atoms with van der Waals surface area (Å²) in [6, 6.07) is 7.89. The van der Waals surface area contributed by atoms with Gasteiger partial charge in [0.1, 0.15) is 5.75 Å². The number of aromatic nitrogens is 2. The zero-order valence-electron chi connectivity index (χ0n) is 11.2. The van der Waals surface area contributed by atoms with E-state index in [1.54, 1.807) is 0 Å². The van der Waals surface area contributed by atoms with E-state index in [-0.39, 0.29) is 0 Å². The number of benzene rings is 1. The summed E-state index contributed by atoms with van der Waals surface area (Å²) in [7, 11) is 0. The van der Waals surface area contributed by atoms with Gasteiger partial charge in [0, 0.05) is 18.2 Å². The third kappa shape index (κ3) is 2.57. The van der Waals surface area contributed by atoms with Crippen LogP contribution in [0.1, 0.15) is 37.8 Å². The van der Waals surface area contributed by atoms with Gasteiger partial charge in [0.05, 0.1) is 23.7 Å². The van der Waals surface area contributed by atoms with Crippen molar-refractivity contribution in [1.29, 1.82) is 0 Å². The summed E-state index contributed by atoms with van der Waals surface area (Å²) in [6.07, 6.45) is 5.51. The van der Waals surface area contributed by atoms with Crippen molar-refractivity contribution in [2.45, 2.75) is 32.1 Å². The lowest BCUT2D eigenvalue weighted by Gasteiger charge is -2.10. The molecule has 0 radical (unpaired) electrons. The van der Waals surface area contributed by atoms with Gasteiger partial charge in [0.2, 0.25) is 0 Å². The molecule has 1 fully saturated rings. The Bertz CT molecular complexity index is 573. The van der Waals surface area contributed by atoms with Gasteiger partial charge < -0.3 is 10.5 Å². The Morgan fingerprint density at radius 2 is 2.21 bits per heavy atom. The first kappa shape index (κ1) is 12.1. The Balaban J connectivity index is 1.86. The monoisotopic (exact) mass is 257 g/mol. The van der Waals surface area contributed by atoms with E-state index in [0.29, 0.717) is 18.2 Å². The molecule has 1 saturated carbocycles. The summed E-state index contributed by atoms with van der Waals surface area (Å²) in [5, 5.41) is 4.61. The molecule has 1 aromatic heterocycles. The fraction of sp³-hybridized carbons (Fsp3) is 0.400. The van der Waals surface area contributed by atoms with Gasteiger partial charge in [-0.3, -0.25) is 0 Å². The molecule has 2 N–H and O–H groups in total. The lowest BCUT2D eigenvalue weighted by atomic mass is 10.2. The van der Waals surface area contributed by atoms with Crippen LogP contribution in [0.25, 0.3) is 5.69 Å². The predicted octanol–water partition coefficient (Wildman–Crippen LogP) is 3.12. The van der Waals surface area contributed by atoms with E-state index >= 15 is 0 Å². The zero-order valence-corrected chi connectivity index (χ0v) is 11.2. The van der Waals surface area contributed by atoms with Crippen LogP contribution in [0.2, 0.25) is 0 Å². The van der Waals surface area contributed by atoms with Crippen LogP contribution in [-0.4, -0.2) is 16.4 Å². The summed E-state index contributed by atoms with van der Waals surface area (Å²) in [5.74, 6) is 1.41. The minimum Gasteiger partial charge on any atom is -0.491 e. The second-order valence-corrected chi connectivity index (χ2v) is 5.03. The first-order valence-corrected chi connectivity index (χ1v) is 6.86. The molecular formula is C15H19N3O. The van der Waals surface area contributed by atoms with Crippen LogP contribution in [-0.2, 0) is 0 Å². The molecule has 1 aliphatic rings. The smallest absolute Gasteiger partial charge is 0.144 e. The van der Waals surface area contributed by atoms with Gasteiger partial charge in [-0.2, -0.15) is 5.10 Å². The van der Waals surface area contributed by atoms with Crippen molar-refractivity contribution in [3.05, 3.63) is 36.2 Å². The summed E-state index contributed by atoms with van der Waals surface area (Å²) in [5.41, 5.74) is 8.77. The average molecular weight is 257 g/mol. The number of hydrogen-bond acceptors (Lipinski definition) is 3. The van der Waals surface area contributed by atoms with Crippen molar-refractivity contribution in [3.8, 4) is 11.4 Å². The van der Waals surface area contributed by atoms with Crippen LogP contribution in [0.4, 0.5) is 5.69 Å². The normalized spacial score (nSPS) is 14.6. The number of nitrogens with two attached hydrogens (primary N) is 1. The third-order valence-corrected chi connectivity index (χ3v) is 3.33. The molecule has 4 nitrogen and oxygen atoms in total. The van der Waals surface area contributed by atoms with Crippen molar-refractivity contribution >= 4 is 5.69 Å². The molecular weight excluding hydrogens is 238 g/mol. The summed E-state index contributed by atoms with van der Waals surface area (Å²) in [6.45, 7) is 2.76. The van der Waals surface area contributed by atoms with Gasteiger partial charge >= 0.3 is 0 Å². The maximum absolute atomic E-state index is 5.92. The minimum absolute atomic E-state index is 0.672. The summed E-state index contributed by atoms with van der Waals surface area (Å²) >= 11 is 0. The molecule has 1 aromatic carbocycles. The molecule has 19 heavy (non-hydrogen) atoms. The fourth-order valence-corrected chi connectivity index (χ4v) is 2.08. The molecule has 0 atom stereocenters. The highest BCUT2D eigenvalue weighted by molar-refractivity contribution is 5.57. The quantitative estimate of drug-likeness (QED) is 0.837.